The molecule has 2 aromatic carbocycles. The van der Waals surface area contributed by atoms with Gasteiger partial charge in [-0.15, -0.1) is 0 Å². The third-order valence-electron chi connectivity index (χ3n) is 6.97. The van der Waals surface area contributed by atoms with Gasteiger partial charge in [-0.25, -0.2) is 4.79 Å². The molecule has 1 aromatic heterocycles. The van der Waals surface area contributed by atoms with Crippen molar-refractivity contribution >= 4 is 29.6 Å². The Morgan fingerprint density at radius 3 is 2.59 bits per heavy atom. The maximum Gasteiger partial charge on any atom is 0.500 e. The van der Waals surface area contributed by atoms with Crippen LogP contribution in [0.25, 0.3) is 0 Å². The van der Waals surface area contributed by atoms with Crippen molar-refractivity contribution in [2.24, 2.45) is 5.73 Å². The van der Waals surface area contributed by atoms with Crippen LogP contribution in [0, 0.1) is 0 Å². The van der Waals surface area contributed by atoms with Crippen LogP contribution in [0.2, 0.25) is 0 Å². The molecule has 41 heavy (non-hydrogen) atoms. The monoisotopic (exact) mass is 565 g/mol. The van der Waals surface area contributed by atoms with Gasteiger partial charge < -0.3 is 29.6 Å². The predicted molar refractivity (Wildman–Crippen MR) is 149 cm³/mol. The van der Waals surface area contributed by atoms with E-state index < -0.39 is 23.9 Å². The van der Waals surface area contributed by atoms with Gasteiger partial charge in [-0.05, 0) is 36.8 Å². The second-order valence-electron chi connectivity index (χ2n) is 10.3. The quantitative estimate of drug-likeness (QED) is 0.174. The summed E-state index contributed by atoms with van der Waals surface area (Å²) in [7, 11) is 2.05. The summed E-state index contributed by atoms with van der Waals surface area (Å²) in [6, 6.07) is 11.4. The number of benzene rings is 2. The first-order chi connectivity index (χ1) is 19.6. The third-order valence-corrected chi connectivity index (χ3v) is 6.97. The summed E-state index contributed by atoms with van der Waals surface area (Å²) in [5.74, 6) is -1.17. The third kappa shape index (κ3) is 7.48. The lowest BCUT2D eigenvalue weighted by molar-refractivity contribution is -0.918. The van der Waals surface area contributed by atoms with E-state index in [-0.39, 0.29) is 36.2 Å². The number of quaternary nitrogens is 1. The Bertz CT molecular complexity index is 1450. The van der Waals surface area contributed by atoms with Crippen molar-refractivity contribution in [3.05, 3.63) is 71.6 Å². The fourth-order valence-corrected chi connectivity index (χ4v) is 5.15. The van der Waals surface area contributed by atoms with E-state index in [0.29, 0.717) is 35.3 Å². The Morgan fingerprint density at radius 1 is 1.15 bits per heavy atom. The Morgan fingerprint density at radius 2 is 1.90 bits per heavy atom. The van der Waals surface area contributed by atoms with Gasteiger partial charge >= 0.3 is 18.0 Å². The van der Waals surface area contributed by atoms with Crippen LogP contribution in [-0.2, 0) is 22.5 Å². The highest BCUT2D eigenvalue weighted by Gasteiger charge is 2.40. The largest absolute Gasteiger partial charge is 0.508 e. The van der Waals surface area contributed by atoms with Gasteiger partial charge in [-0.3, -0.25) is 4.79 Å². The number of hydrogen-bond acceptors (Lipinski definition) is 8. The second-order valence-corrected chi connectivity index (χ2v) is 10.3. The minimum atomic E-state index is -1.07. The molecule has 0 radical (unpaired) electrons. The SMILES string of the molecule is CCOC(=O)c1coc(NC(=O)/[N+](=C2/CCC[N+](C)(Cc3cccc(O)c3)C2)[C@@H](Cc2ccc(O)cc2)C(N)=O)n1. The minimum absolute atomic E-state index is 0.0712. The van der Waals surface area contributed by atoms with Crippen LogP contribution in [0.4, 0.5) is 10.8 Å². The lowest BCUT2D eigenvalue weighted by Crippen LogP contribution is -2.56. The van der Waals surface area contributed by atoms with Crippen molar-refractivity contribution in [3.63, 3.8) is 0 Å². The summed E-state index contributed by atoms with van der Waals surface area (Å²) in [4.78, 5) is 42.7. The van der Waals surface area contributed by atoms with Crippen molar-refractivity contribution in [3.8, 4) is 11.5 Å². The van der Waals surface area contributed by atoms with Crippen molar-refractivity contribution in [1.82, 2.24) is 4.98 Å². The Balaban J connectivity index is 1.70. The molecule has 1 saturated heterocycles. The molecule has 3 amide bonds. The van der Waals surface area contributed by atoms with Crippen molar-refractivity contribution in [2.75, 3.05) is 32.1 Å². The molecular formula is C29H35N5O7+2. The number of likely N-dealkylation sites (tertiary alicyclic amines) is 1. The van der Waals surface area contributed by atoms with E-state index in [1.54, 1.807) is 37.3 Å². The Hall–Kier alpha value is -4.71. The fraction of sp³-hybridized carbons (Fsp3) is 0.345. The number of aromatic nitrogens is 1. The average molecular weight is 566 g/mol. The number of nitrogens with one attached hydrogen (secondary N) is 1. The normalized spacial score (nSPS) is 18.8. The van der Waals surface area contributed by atoms with Crippen LogP contribution in [0.5, 0.6) is 11.5 Å². The molecule has 1 unspecified atom stereocenters. The number of nitrogens with two attached hydrogens (primary N) is 1. The van der Waals surface area contributed by atoms with Crippen LogP contribution in [-0.4, -0.2) is 80.7 Å². The number of hydrogen-bond donors (Lipinski definition) is 4. The molecule has 216 valence electrons. The first-order valence-electron chi connectivity index (χ1n) is 13.3. The molecular weight excluding hydrogens is 530 g/mol. The number of amides is 3. The number of primary amides is 1. The molecule has 1 fully saturated rings. The van der Waals surface area contributed by atoms with Crippen molar-refractivity contribution < 1.29 is 42.8 Å². The van der Waals surface area contributed by atoms with Crippen molar-refractivity contribution in [1.29, 1.82) is 0 Å². The second kappa shape index (κ2) is 12.6. The Labute approximate surface area is 237 Å². The van der Waals surface area contributed by atoms with Gasteiger partial charge in [0.05, 0.1) is 20.2 Å². The molecule has 12 nitrogen and oxygen atoms in total. The summed E-state index contributed by atoms with van der Waals surface area (Å²) in [6.45, 7) is 3.65. The van der Waals surface area contributed by atoms with E-state index in [2.05, 4.69) is 17.3 Å². The zero-order valence-corrected chi connectivity index (χ0v) is 23.1. The molecule has 3 aromatic rings. The molecule has 1 aliphatic rings. The summed E-state index contributed by atoms with van der Waals surface area (Å²) < 4.78 is 12.1. The minimum Gasteiger partial charge on any atom is -0.508 e. The lowest BCUT2D eigenvalue weighted by atomic mass is 10.0. The number of aromatic hydroxyl groups is 2. The smallest absolute Gasteiger partial charge is 0.500 e. The van der Waals surface area contributed by atoms with Gasteiger partial charge in [0, 0.05) is 24.8 Å². The molecule has 2 heterocycles. The van der Waals surface area contributed by atoms with Gasteiger partial charge in [0.25, 0.3) is 5.91 Å². The highest BCUT2D eigenvalue weighted by molar-refractivity contribution is 5.93. The van der Waals surface area contributed by atoms with Crippen LogP contribution >= 0.6 is 0 Å². The van der Waals surface area contributed by atoms with Gasteiger partial charge in [0.1, 0.15) is 36.6 Å². The molecule has 0 aliphatic carbocycles. The standard InChI is InChI=1S/C29H33N5O7/c1-3-40-27(38)24-18-41-28(31-24)32-29(39)33(25(26(30)37)15-19-9-11-22(35)12-10-19)21-7-5-13-34(2,17-21)16-20-6-4-8-23(36)14-20/h4,6,8-12,14,18,25H,3,5,7,13,15-17H2,1-2H3,(H3-2,30,31,32,35,36,37,39)/p+2/b33-21-/t25-,34?/m0/s1. The Kier molecular flexibility index (Phi) is 9.03. The number of carbonyl (C=O) groups is 3. The molecule has 4 rings (SSSR count). The number of rotatable bonds is 9. The molecule has 2 atom stereocenters. The number of urea groups is 1. The van der Waals surface area contributed by atoms with E-state index in [9.17, 15) is 24.6 Å². The summed E-state index contributed by atoms with van der Waals surface area (Å²) in [6.07, 6.45) is 2.46. The molecule has 12 heteroatoms. The topological polar surface area (TPSA) is 168 Å². The first kappa shape index (κ1) is 29.3. The summed E-state index contributed by atoms with van der Waals surface area (Å²) >= 11 is 0. The maximum absolute atomic E-state index is 13.8. The number of oxazole rings is 1. The van der Waals surface area contributed by atoms with E-state index in [0.717, 1.165) is 24.8 Å². The van der Waals surface area contributed by atoms with E-state index in [4.69, 9.17) is 14.9 Å². The van der Waals surface area contributed by atoms with E-state index in [1.165, 1.54) is 16.7 Å². The van der Waals surface area contributed by atoms with Crippen LogP contribution in [0.3, 0.4) is 0 Å². The number of piperidine rings is 1. The van der Waals surface area contributed by atoms with Crippen LogP contribution < -0.4 is 11.1 Å². The van der Waals surface area contributed by atoms with Crippen LogP contribution in [0.15, 0.2) is 59.2 Å². The van der Waals surface area contributed by atoms with Gasteiger partial charge in [0.2, 0.25) is 0 Å². The maximum atomic E-state index is 13.8. The van der Waals surface area contributed by atoms with Crippen LogP contribution in [0.1, 0.15) is 41.4 Å². The van der Waals surface area contributed by atoms with E-state index >= 15 is 0 Å². The first-order valence-corrected chi connectivity index (χ1v) is 13.3. The number of phenolic OH excluding ortho intramolecular Hbond substituents is 2. The molecule has 0 bridgehead atoms. The lowest BCUT2D eigenvalue weighted by Gasteiger charge is -2.38. The zero-order chi connectivity index (χ0) is 29.6. The van der Waals surface area contributed by atoms with E-state index in [1.807, 2.05) is 6.07 Å². The van der Waals surface area contributed by atoms with Gasteiger partial charge in [-0.1, -0.05) is 24.3 Å². The zero-order valence-electron chi connectivity index (χ0n) is 23.1. The fourth-order valence-electron chi connectivity index (χ4n) is 5.15. The molecule has 0 spiro atoms. The van der Waals surface area contributed by atoms with Gasteiger partial charge in [0.15, 0.2) is 11.7 Å². The predicted octanol–water partition coefficient (Wildman–Crippen LogP) is 2.79. The highest BCUT2D eigenvalue weighted by atomic mass is 16.5. The molecule has 0 saturated carbocycles. The number of phenols is 2. The number of nitrogens with zero attached hydrogens (tertiary/aromatic N) is 3. The average Bonchev–Trinajstić information content (AvgIpc) is 3.38. The number of anilines is 1. The highest BCUT2D eigenvalue weighted by Crippen LogP contribution is 2.23. The number of ether oxygens (including phenoxy) is 1. The summed E-state index contributed by atoms with van der Waals surface area (Å²) in [5.41, 5.74) is 8.10. The molecule has 5 N–H and O–H groups in total. The summed E-state index contributed by atoms with van der Waals surface area (Å²) in [5, 5.41) is 22.2. The molecule has 1 aliphatic heterocycles. The number of esters is 1. The number of carbonyl (C=O) groups excluding carboxylic acids is 3. The van der Waals surface area contributed by atoms with Gasteiger partial charge in [-0.2, -0.15) is 19.7 Å². The van der Waals surface area contributed by atoms with Crippen molar-refractivity contribution in [2.45, 2.75) is 38.8 Å².